The first-order chi connectivity index (χ1) is 10.1. The van der Waals surface area contributed by atoms with Crippen LogP contribution in [0.1, 0.15) is 24.0 Å². The zero-order valence-corrected chi connectivity index (χ0v) is 12.3. The van der Waals surface area contributed by atoms with Crippen LogP contribution in [-0.2, 0) is 17.8 Å². The predicted octanol–water partition coefficient (Wildman–Crippen LogP) is 3.37. The lowest BCUT2D eigenvalue weighted by Gasteiger charge is -2.17. The van der Waals surface area contributed by atoms with Gasteiger partial charge in [0.2, 0.25) is 5.91 Å². The topological polar surface area (TPSA) is 40.5 Å². The Kier molecular flexibility index (Phi) is 5.38. The molecular formula is C18H21NO2. The summed E-state index contributed by atoms with van der Waals surface area (Å²) in [5.41, 5.74) is 2.29. The molecule has 3 heteroatoms. The van der Waals surface area contributed by atoms with Crippen LogP contribution in [0.5, 0.6) is 5.75 Å². The van der Waals surface area contributed by atoms with Gasteiger partial charge in [-0.05, 0) is 36.1 Å². The first kappa shape index (κ1) is 15.1. The number of hydrogen-bond acceptors (Lipinski definition) is 2. The van der Waals surface area contributed by atoms with Gasteiger partial charge in [-0.3, -0.25) is 4.79 Å². The molecule has 0 aliphatic rings. The standard InChI is InChI=1S/C18H21NO2/c1-19(14-16-10-12-17(20)13-11-16)18(21)9-5-8-15-6-3-2-4-7-15/h2-4,6-7,10-13,20H,5,8-9,14H2,1H3. The predicted molar refractivity (Wildman–Crippen MR) is 84.0 cm³/mol. The highest BCUT2D eigenvalue weighted by Gasteiger charge is 2.09. The molecule has 110 valence electrons. The molecule has 2 aromatic rings. The molecule has 0 fully saturated rings. The Morgan fingerprint density at radius 2 is 1.67 bits per heavy atom. The third kappa shape index (κ3) is 4.95. The van der Waals surface area contributed by atoms with Gasteiger partial charge in [0, 0.05) is 20.0 Å². The number of carbonyl (C=O) groups is 1. The third-order valence-electron chi connectivity index (χ3n) is 3.48. The number of phenolic OH excluding ortho intramolecular Hbond substituents is 1. The van der Waals surface area contributed by atoms with Crippen LogP contribution >= 0.6 is 0 Å². The van der Waals surface area contributed by atoms with E-state index in [2.05, 4.69) is 12.1 Å². The van der Waals surface area contributed by atoms with Gasteiger partial charge < -0.3 is 10.0 Å². The quantitative estimate of drug-likeness (QED) is 0.883. The third-order valence-corrected chi connectivity index (χ3v) is 3.48. The average Bonchev–Trinajstić information content (AvgIpc) is 2.50. The fraction of sp³-hybridized carbons (Fsp3) is 0.278. The van der Waals surface area contributed by atoms with Crippen LogP contribution in [0.2, 0.25) is 0 Å². The molecule has 0 bridgehead atoms. The fourth-order valence-corrected chi connectivity index (χ4v) is 2.24. The summed E-state index contributed by atoms with van der Waals surface area (Å²) >= 11 is 0. The number of aromatic hydroxyl groups is 1. The van der Waals surface area contributed by atoms with Crippen molar-refractivity contribution in [2.45, 2.75) is 25.8 Å². The molecule has 0 saturated heterocycles. The van der Waals surface area contributed by atoms with E-state index in [1.54, 1.807) is 17.0 Å². The summed E-state index contributed by atoms with van der Waals surface area (Å²) in [5, 5.41) is 9.24. The maximum atomic E-state index is 12.1. The smallest absolute Gasteiger partial charge is 0.222 e. The Labute approximate surface area is 125 Å². The molecule has 2 aromatic carbocycles. The molecule has 0 aromatic heterocycles. The van der Waals surface area contributed by atoms with Crippen molar-refractivity contribution in [3.8, 4) is 5.75 Å². The molecule has 3 nitrogen and oxygen atoms in total. The minimum Gasteiger partial charge on any atom is -0.508 e. The Morgan fingerprint density at radius 3 is 2.33 bits per heavy atom. The van der Waals surface area contributed by atoms with E-state index in [0.29, 0.717) is 13.0 Å². The van der Waals surface area contributed by atoms with Crippen LogP contribution in [0.25, 0.3) is 0 Å². The second-order valence-corrected chi connectivity index (χ2v) is 5.26. The summed E-state index contributed by atoms with van der Waals surface area (Å²) in [7, 11) is 1.82. The second kappa shape index (κ2) is 7.48. The number of benzene rings is 2. The SMILES string of the molecule is CN(Cc1ccc(O)cc1)C(=O)CCCc1ccccc1. The molecule has 0 aliphatic heterocycles. The molecule has 0 atom stereocenters. The van der Waals surface area contributed by atoms with E-state index in [1.807, 2.05) is 37.4 Å². The van der Waals surface area contributed by atoms with E-state index in [-0.39, 0.29) is 11.7 Å². The van der Waals surface area contributed by atoms with Gasteiger partial charge in [0.05, 0.1) is 0 Å². The summed E-state index contributed by atoms with van der Waals surface area (Å²) in [5.74, 6) is 0.398. The van der Waals surface area contributed by atoms with Gasteiger partial charge in [0.15, 0.2) is 0 Å². The van der Waals surface area contributed by atoms with Crippen molar-refractivity contribution in [2.75, 3.05) is 7.05 Å². The summed E-state index contributed by atoms with van der Waals surface area (Å²) in [4.78, 5) is 13.8. The molecule has 2 rings (SSSR count). The largest absolute Gasteiger partial charge is 0.508 e. The molecule has 0 heterocycles. The van der Waals surface area contributed by atoms with Gasteiger partial charge in [-0.2, -0.15) is 0 Å². The van der Waals surface area contributed by atoms with E-state index in [0.717, 1.165) is 18.4 Å². The van der Waals surface area contributed by atoms with Crippen molar-refractivity contribution in [2.24, 2.45) is 0 Å². The highest BCUT2D eigenvalue weighted by atomic mass is 16.3. The van der Waals surface area contributed by atoms with E-state index in [9.17, 15) is 9.90 Å². The minimum absolute atomic E-state index is 0.152. The van der Waals surface area contributed by atoms with E-state index in [4.69, 9.17) is 0 Å². The summed E-state index contributed by atoms with van der Waals surface area (Å²) in [6, 6.07) is 17.2. The number of aryl methyl sites for hydroxylation is 1. The van der Waals surface area contributed by atoms with Crippen molar-refractivity contribution >= 4 is 5.91 Å². The molecule has 1 N–H and O–H groups in total. The maximum absolute atomic E-state index is 12.1. The van der Waals surface area contributed by atoms with Crippen LogP contribution in [0, 0.1) is 0 Å². The van der Waals surface area contributed by atoms with Gasteiger partial charge in [0.25, 0.3) is 0 Å². The molecule has 0 radical (unpaired) electrons. The Hall–Kier alpha value is -2.29. The summed E-state index contributed by atoms with van der Waals surface area (Å²) in [6.45, 7) is 0.574. The van der Waals surface area contributed by atoms with E-state index >= 15 is 0 Å². The molecule has 0 aliphatic carbocycles. The zero-order chi connectivity index (χ0) is 15.1. The molecule has 0 unspecified atom stereocenters. The number of carbonyl (C=O) groups excluding carboxylic acids is 1. The first-order valence-electron chi connectivity index (χ1n) is 7.21. The Balaban J connectivity index is 1.76. The highest BCUT2D eigenvalue weighted by Crippen LogP contribution is 2.12. The second-order valence-electron chi connectivity index (χ2n) is 5.26. The monoisotopic (exact) mass is 283 g/mol. The lowest BCUT2D eigenvalue weighted by Crippen LogP contribution is -2.25. The normalized spacial score (nSPS) is 10.3. The molecule has 1 amide bonds. The molecular weight excluding hydrogens is 262 g/mol. The summed E-state index contributed by atoms with van der Waals surface area (Å²) < 4.78 is 0. The van der Waals surface area contributed by atoms with Crippen molar-refractivity contribution in [3.05, 3.63) is 65.7 Å². The number of nitrogens with zero attached hydrogens (tertiary/aromatic N) is 1. The number of phenols is 1. The first-order valence-corrected chi connectivity index (χ1v) is 7.21. The van der Waals surface area contributed by atoms with Crippen LogP contribution in [0.4, 0.5) is 0 Å². The molecule has 21 heavy (non-hydrogen) atoms. The Morgan fingerprint density at radius 1 is 1.00 bits per heavy atom. The lowest BCUT2D eigenvalue weighted by atomic mass is 10.1. The van der Waals surface area contributed by atoms with Gasteiger partial charge >= 0.3 is 0 Å². The highest BCUT2D eigenvalue weighted by molar-refractivity contribution is 5.75. The fourth-order valence-electron chi connectivity index (χ4n) is 2.24. The van der Waals surface area contributed by atoms with Crippen LogP contribution < -0.4 is 0 Å². The minimum atomic E-state index is 0.152. The van der Waals surface area contributed by atoms with Crippen LogP contribution in [0.15, 0.2) is 54.6 Å². The van der Waals surface area contributed by atoms with E-state index in [1.165, 1.54) is 5.56 Å². The average molecular weight is 283 g/mol. The zero-order valence-electron chi connectivity index (χ0n) is 12.3. The van der Waals surface area contributed by atoms with Gasteiger partial charge in [0.1, 0.15) is 5.75 Å². The van der Waals surface area contributed by atoms with Gasteiger partial charge in [-0.15, -0.1) is 0 Å². The van der Waals surface area contributed by atoms with Crippen molar-refractivity contribution in [3.63, 3.8) is 0 Å². The van der Waals surface area contributed by atoms with Crippen LogP contribution in [-0.4, -0.2) is 23.0 Å². The summed E-state index contributed by atoms with van der Waals surface area (Å²) in [6.07, 6.45) is 2.35. The molecule has 0 saturated carbocycles. The number of hydrogen-bond donors (Lipinski definition) is 1. The number of amides is 1. The van der Waals surface area contributed by atoms with Gasteiger partial charge in [-0.1, -0.05) is 42.5 Å². The lowest BCUT2D eigenvalue weighted by molar-refractivity contribution is -0.130. The van der Waals surface area contributed by atoms with Crippen molar-refractivity contribution in [1.82, 2.24) is 4.90 Å². The maximum Gasteiger partial charge on any atom is 0.222 e. The van der Waals surface area contributed by atoms with Crippen molar-refractivity contribution < 1.29 is 9.90 Å². The van der Waals surface area contributed by atoms with Crippen LogP contribution in [0.3, 0.4) is 0 Å². The Bertz CT molecular complexity index is 564. The van der Waals surface area contributed by atoms with Crippen molar-refractivity contribution in [1.29, 1.82) is 0 Å². The number of rotatable bonds is 6. The van der Waals surface area contributed by atoms with E-state index < -0.39 is 0 Å². The van der Waals surface area contributed by atoms with Gasteiger partial charge in [-0.25, -0.2) is 0 Å². The molecule has 0 spiro atoms.